The lowest BCUT2D eigenvalue weighted by molar-refractivity contribution is -0.152. The third-order valence-electron chi connectivity index (χ3n) is 3.54. The number of ether oxygens (including phenoxy) is 1. The van der Waals surface area contributed by atoms with Crippen LogP contribution in [0.4, 0.5) is 0 Å². The summed E-state index contributed by atoms with van der Waals surface area (Å²) in [6.07, 6.45) is 4.55. The van der Waals surface area contributed by atoms with Crippen molar-refractivity contribution in [2.75, 3.05) is 13.2 Å². The molecule has 1 fully saturated rings. The molecule has 0 spiro atoms. The predicted molar refractivity (Wildman–Crippen MR) is 70.4 cm³/mol. The van der Waals surface area contributed by atoms with E-state index in [1.807, 2.05) is 13.8 Å². The van der Waals surface area contributed by atoms with Gasteiger partial charge in [0.2, 0.25) is 0 Å². The van der Waals surface area contributed by atoms with Crippen LogP contribution in [0.2, 0.25) is 0 Å². The van der Waals surface area contributed by atoms with Gasteiger partial charge in [-0.1, -0.05) is 13.3 Å². The number of nitrogens with zero attached hydrogens (tertiary/aromatic N) is 1. The zero-order valence-corrected chi connectivity index (χ0v) is 11.8. The molecule has 0 N–H and O–H groups in total. The van der Waals surface area contributed by atoms with Crippen molar-refractivity contribution in [3.8, 4) is 0 Å². The molecule has 0 aliphatic carbocycles. The van der Waals surface area contributed by atoms with Gasteiger partial charge in [-0.2, -0.15) is 0 Å². The van der Waals surface area contributed by atoms with Gasteiger partial charge in [-0.15, -0.1) is 0 Å². The van der Waals surface area contributed by atoms with Crippen molar-refractivity contribution in [2.24, 2.45) is 0 Å². The van der Waals surface area contributed by atoms with Crippen molar-refractivity contribution >= 4 is 11.8 Å². The summed E-state index contributed by atoms with van der Waals surface area (Å²) in [4.78, 5) is 25.5. The average Bonchev–Trinajstić information content (AvgIpc) is 2.32. The van der Waals surface area contributed by atoms with Crippen LogP contribution in [0.15, 0.2) is 0 Å². The smallest absolute Gasteiger partial charge is 0.323 e. The third kappa shape index (κ3) is 4.09. The summed E-state index contributed by atoms with van der Waals surface area (Å²) < 4.78 is 5.14. The highest BCUT2D eigenvalue weighted by Gasteiger charge is 2.33. The number of hydrogen-bond donors (Lipinski definition) is 0. The SMILES string of the molecule is CCOC(=O)C(CC)N1CCCCC1CC(C)=O. The molecule has 0 aromatic carbocycles. The van der Waals surface area contributed by atoms with E-state index in [1.165, 1.54) is 0 Å². The first-order valence-corrected chi connectivity index (χ1v) is 7.01. The number of piperidine rings is 1. The summed E-state index contributed by atoms with van der Waals surface area (Å²) in [6, 6.07) is 0.0280. The first-order valence-electron chi connectivity index (χ1n) is 7.01. The molecule has 4 heteroatoms. The van der Waals surface area contributed by atoms with Crippen LogP contribution in [0.1, 0.15) is 52.9 Å². The van der Waals surface area contributed by atoms with Crippen molar-refractivity contribution in [3.05, 3.63) is 0 Å². The second-order valence-electron chi connectivity index (χ2n) is 4.97. The summed E-state index contributed by atoms with van der Waals surface area (Å²) in [5.74, 6) is 0.0565. The molecular weight excluding hydrogens is 230 g/mol. The van der Waals surface area contributed by atoms with Gasteiger partial charge in [0.15, 0.2) is 0 Å². The average molecular weight is 255 g/mol. The summed E-state index contributed by atoms with van der Waals surface area (Å²) in [5.41, 5.74) is 0. The van der Waals surface area contributed by atoms with Gasteiger partial charge in [0.1, 0.15) is 11.8 Å². The van der Waals surface area contributed by atoms with Gasteiger partial charge in [0.05, 0.1) is 6.61 Å². The number of rotatable bonds is 6. The highest BCUT2D eigenvalue weighted by molar-refractivity contribution is 5.77. The summed E-state index contributed by atoms with van der Waals surface area (Å²) in [5, 5.41) is 0. The maximum atomic E-state index is 12.0. The predicted octanol–water partition coefficient (Wildman–Crippen LogP) is 2.16. The zero-order valence-electron chi connectivity index (χ0n) is 11.8. The summed E-state index contributed by atoms with van der Waals surface area (Å²) >= 11 is 0. The molecule has 104 valence electrons. The minimum absolute atomic E-state index is 0.143. The molecule has 1 rings (SSSR count). The molecule has 0 aromatic rings. The van der Waals surface area contributed by atoms with Gasteiger partial charge < -0.3 is 4.74 Å². The first-order chi connectivity index (χ1) is 8.60. The van der Waals surface area contributed by atoms with Crippen molar-refractivity contribution < 1.29 is 14.3 Å². The maximum Gasteiger partial charge on any atom is 0.323 e. The van der Waals surface area contributed by atoms with Gasteiger partial charge in [-0.25, -0.2) is 0 Å². The standard InChI is InChI=1S/C14H25NO3/c1-4-13(14(17)18-5-2)15-9-7-6-8-12(15)10-11(3)16/h12-13H,4-10H2,1-3H3. The largest absolute Gasteiger partial charge is 0.465 e. The first kappa shape index (κ1) is 15.2. The van der Waals surface area contributed by atoms with Crippen molar-refractivity contribution in [1.29, 1.82) is 0 Å². The Morgan fingerprint density at radius 1 is 1.33 bits per heavy atom. The molecule has 0 bridgehead atoms. The van der Waals surface area contributed by atoms with Crippen LogP contribution in [0.5, 0.6) is 0 Å². The summed E-state index contributed by atoms with van der Waals surface area (Å²) in [6.45, 7) is 6.77. The van der Waals surface area contributed by atoms with Crippen LogP contribution >= 0.6 is 0 Å². The van der Waals surface area contributed by atoms with Crippen molar-refractivity contribution in [3.63, 3.8) is 0 Å². The van der Waals surface area contributed by atoms with Crippen LogP contribution < -0.4 is 0 Å². The number of hydrogen-bond acceptors (Lipinski definition) is 4. The lowest BCUT2D eigenvalue weighted by Crippen LogP contribution is -2.50. The number of carbonyl (C=O) groups is 2. The van der Waals surface area contributed by atoms with Gasteiger partial charge in [0, 0.05) is 12.5 Å². The van der Waals surface area contributed by atoms with Gasteiger partial charge >= 0.3 is 5.97 Å². The third-order valence-corrected chi connectivity index (χ3v) is 3.54. The zero-order chi connectivity index (χ0) is 13.5. The normalized spacial score (nSPS) is 22.5. The van der Waals surface area contributed by atoms with Gasteiger partial charge in [-0.3, -0.25) is 14.5 Å². The number of Topliss-reactive ketones (excluding diaryl/α,β-unsaturated/α-hetero) is 1. The van der Waals surface area contributed by atoms with E-state index in [0.717, 1.165) is 32.2 Å². The molecule has 18 heavy (non-hydrogen) atoms. The molecule has 2 unspecified atom stereocenters. The van der Waals surface area contributed by atoms with E-state index in [-0.39, 0.29) is 23.8 Å². The molecule has 1 aliphatic rings. The molecule has 4 nitrogen and oxygen atoms in total. The number of carbonyl (C=O) groups excluding carboxylic acids is 2. The Kier molecular flexibility index (Phi) is 6.33. The van der Waals surface area contributed by atoms with E-state index in [0.29, 0.717) is 13.0 Å². The van der Waals surface area contributed by atoms with Crippen LogP contribution in [-0.2, 0) is 14.3 Å². The fourth-order valence-corrected chi connectivity index (χ4v) is 2.76. The Labute approximate surface area is 110 Å². The minimum atomic E-state index is -0.186. The lowest BCUT2D eigenvalue weighted by Gasteiger charge is -2.39. The molecule has 0 aromatic heterocycles. The Hall–Kier alpha value is -0.900. The lowest BCUT2D eigenvalue weighted by atomic mass is 9.95. The maximum absolute atomic E-state index is 12.0. The second kappa shape index (κ2) is 7.52. The number of ketones is 1. The highest BCUT2D eigenvalue weighted by atomic mass is 16.5. The second-order valence-corrected chi connectivity index (χ2v) is 4.97. The molecular formula is C14H25NO3. The van der Waals surface area contributed by atoms with Crippen LogP contribution in [0.25, 0.3) is 0 Å². The molecule has 0 radical (unpaired) electrons. The Morgan fingerprint density at radius 3 is 2.61 bits per heavy atom. The van der Waals surface area contributed by atoms with E-state index < -0.39 is 0 Å². The Bertz CT molecular complexity index is 291. The minimum Gasteiger partial charge on any atom is -0.465 e. The molecule has 2 atom stereocenters. The number of likely N-dealkylation sites (tertiary alicyclic amines) is 1. The van der Waals surface area contributed by atoms with Crippen LogP contribution in [0, 0.1) is 0 Å². The van der Waals surface area contributed by atoms with Gasteiger partial charge in [-0.05, 0) is 39.7 Å². The fraction of sp³-hybridized carbons (Fsp3) is 0.857. The van der Waals surface area contributed by atoms with E-state index in [1.54, 1.807) is 6.92 Å². The number of esters is 1. The molecule has 1 aliphatic heterocycles. The monoisotopic (exact) mass is 255 g/mol. The molecule has 1 heterocycles. The van der Waals surface area contributed by atoms with E-state index >= 15 is 0 Å². The topological polar surface area (TPSA) is 46.6 Å². The quantitative estimate of drug-likeness (QED) is 0.682. The Balaban J connectivity index is 2.72. The van der Waals surface area contributed by atoms with E-state index in [9.17, 15) is 9.59 Å². The summed E-state index contributed by atoms with van der Waals surface area (Å²) in [7, 11) is 0. The van der Waals surface area contributed by atoms with Crippen molar-refractivity contribution in [1.82, 2.24) is 4.90 Å². The fourth-order valence-electron chi connectivity index (χ4n) is 2.76. The molecule has 1 saturated heterocycles. The molecule has 0 saturated carbocycles. The Morgan fingerprint density at radius 2 is 2.06 bits per heavy atom. The van der Waals surface area contributed by atoms with Gasteiger partial charge in [0.25, 0.3) is 0 Å². The van der Waals surface area contributed by atoms with E-state index in [2.05, 4.69) is 4.90 Å². The molecule has 0 amide bonds. The van der Waals surface area contributed by atoms with E-state index in [4.69, 9.17) is 4.74 Å². The highest BCUT2D eigenvalue weighted by Crippen LogP contribution is 2.24. The van der Waals surface area contributed by atoms with Crippen LogP contribution in [-0.4, -0.2) is 41.9 Å². The van der Waals surface area contributed by atoms with Crippen molar-refractivity contribution in [2.45, 2.75) is 65.0 Å². The van der Waals surface area contributed by atoms with Crippen LogP contribution in [0.3, 0.4) is 0 Å².